The van der Waals surface area contributed by atoms with Gasteiger partial charge in [0.2, 0.25) is 0 Å². The van der Waals surface area contributed by atoms with Crippen LogP contribution in [0, 0.1) is 0 Å². The van der Waals surface area contributed by atoms with Crippen molar-refractivity contribution < 1.29 is 19.1 Å². The minimum atomic E-state index is -0.844. The predicted octanol–water partition coefficient (Wildman–Crippen LogP) is 2.14. The first-order valence-electron chi connectivity index (χ1n) is 6.56. The summed E-state index contributed by atoms with van der Waals surface area (Å²) < 4.78 is 10.5. The number of carbonyl (C=O) groups is 2. The van der Waals surface area contributed by atoms with E-state index in [4.69, 9.17) is 9.47 Å². The zero-order chi connectivity index (χ0) is 15.4. The van der Waals surface area contributed by atoms with Gasteiger partial charge in [0.25, 0.3) is 5.91 Å². The number of likely N-dealkylation sites (N-methyl/N-ethyl adjacent to an activating group) is 1. The zero-order valence-electron chi connectivity index (χ0n) is 12.2. The Balaban J connectivity index is 2.38. The SMILES string of the molecule is CNC(=O)C(C)OC(=O)c1ccc(OC)c2ccccc12. The third-order valence-electron chi connectivity index (χ3n) is 3.22. The summed E-state index contributed by atoms with van der Waals surface area (Å²) in [5.74, 6) is -0.201. The minimum absolute atomic E-state index is 0.346. The number of methoxy groups -OCH3 is 1. The first-order valence-corrected chi connectivity index (χ1v) is 6.56. The van der Waals surface area contributed by atoms with Crippen LogP contribution in [0.2, 0.25) is 0 Å². The number of carbonyl (C=O) groups excluding carboxylic acids is 2. The normalized spacial score (nSPS) is 11.8. The van der Waals surface area contributed by atoms with Crippen molar-refractivity contribution in [2.75, 3.05) is 14.2 Å². The first kappa shape index (κ1) is 14.8. The van der Waals surface area contributed by atoms with Gasteiger partial charge in [-0.15, -0.1) is 0 Å². The minimum Gasteiger partial charge on any atom is -0.496 e. The number of amides is 1. The Hall–Kier alpha value is -2.56. The highest BCUT2D eigenvalue weighted by Gasteiger charge is 2.20. The van der Waals surface area contributed by atoms with E-state index in [9.17, 15) is 9.59 Å². The molecule has 2 aromatic rings. The Labute approximate surface area is 122 Å². The number of ether oxygens (including phenoxy) is 2. The van der Waals surface area contributed by atoms with Crippen molar-refractivity contribution in [3.63, 3.8) is 0 Å². The number of hydrogen-bond acceptors (Lipinski definition) is 4. The monoisotopic (exact) mass is 287 g/mol. The van der Waals surface area contributed by atoms with Gasteiger partial charge in [-0.2, -0.15) is 0 Å². The summed E-state index contributed by atoms with van der Waals surface area (Å²) in [4.78, 5) is 23.7. The van der Waals surface area contributed by atoms with Crippen LogP contribution in [0.5, 0.6) is 5.75 Å². The number of benzene rings is 2. The Morgan fingerprint density at radius 1 is 1.10 bits per heavy atom. The topological polar surface area (TPSA) is 64.6 Å². The molecule has 0 aliphatic heterocycles. The molecule has 0 spiro atoms. The van der Waals surface area contributed by atoms with Crippen molar-refractivity contribution in [1.29, 1.82) is 0 Å². The average Bonchev–Trinajstić information content (AvgIpc) is 2.52. The molecule has 0 saturated heterocycles. The van der Waals surface area contributed by atoms with Crippen LogP contribution in [-0.2, 0) is 9.53 Å². The lowest BCUT2D eigenvalue weighted by molar-refractivity contribution is -0.128. The van der Waals surface area contributed by atoms with E-state index in [1.54, 1.807) is 19.2 Å². The van der Waals surface area contributed by atoms with E-state index < -0.39 is 12.1 Å². The summed E-state index contributed by atoms with van der Waals surface area (Å²) in [6.07, 6.45) is -0.844. The van der Waals surface area contributed by atoms with Crippen LogP contribution in [0.1, 0.15) is 17.3 Å². The van der Waals surface area contributed by atoms with Crippen molar-refractivity contribution in [1.82, 2.24) is 5.32 Å². The van der Waals surface area contributed by atoms with E-state index in [2.05, 4.69) is 5.32 Å². The number of nitrogens with one attached hydrogen (secondary N) is 1. The lowest BCUT2D eigenvalue weighted by Gasteiger charge is -2.14. The summed E-state index contributed by atoms with van der Waals surface area (Å²) in [5.41, 5.74) is 0.405. The van der Waals surface area contributed by atoms with E-state index >= 15 is 0 Å². The summed E-state index contributed by atoms with van der Waals surface area (Å²) in [7, 11) is 3.07. The lowest BCUT2D eigenvalue weighted by Crippen LogP contribution is -2.33. The second kappa shape index (κ2) is 6.26. The Kier molecular flexibility index (Phi) is 4.42. The van der Waals surface area contributed by atoms with Gasteiger partial charge in [-0.05, 0) is 24.4 Å². The van der Waals surface area contributed by atoms with E-state index in [-0.39, 0.29) is 5.91 Å². The van der Waals surface area contributed by atoms with Gasteiger partial charge < -0.3 is 14.8 Å². The molecule has 0 aliphatic carbocycles. The molecule has 1 unspecified atom stereocenters. The van der Waals surface area contributed by atoms with Crippen LogP contribution in [0.3, 0.4) is 0 Å². The zero-order valence-corrected chi connectivity index (χ0v) is 12.2. The Bertz CT molecular complexity index is 681. The molecule has 21 heavy (non-hydrogen) atoms. The molecule has 2 aromatic carbocycles. The molecule has 5 heteroatoms. The van der Waals surface area contributed by atoms with Crippen LogP contribution < -0.4 is 10.1 Å². The van der Waals surface area contributed by atoms with Gasteiger partial charge in [0, 0.05) is 12.4 Å². The molecule has 1 N–H and O–H groups in total. The van der Waals surface area contributed by atoms with Gasteiger partial charge in [0.05, 0.1) is 12.7 Å². The average molecular weight is 287 g/mol. The molecule has 110 valence electrons. The van der Waals surface area contributed by atoms with E-state index in [0.29, 0.717) is 11.3 Å². The number of esters is 1. The fourth-order valence-electron chi connectivity index (χ4n) is 2.11. The highest BCUT2D eigenvalue weighted by molar-refractivity contribution is 6.06. The summed E-state index contributed by atoms with van der Waals surface area (Å²) in [6, 6.07) is 10.7. The van der Waals surface area contributed by atoms with E-state index in [0.717, 1.165) is 10.8 Å². The Morgan fingerprint density at radius 2 is 1.76 bits per heavy atom. The van der Waals surface area contributed by atoms with Gasteiger partial charge in [-0.3, -0.25) is 4.79 Å². The van der Waals surface area contributed by atoms with Crippen LogP contribution in [0.4, 0.5) is 0 Å². The molecule has 0 fully saturated rings. The molecule has 0 bridgehead atoms. The largest absolute Gasteiger partial charge is 0.496 e. The smallest absolute Gasteiger partial charge is 0.339 e. The van der Waals surface area contributed by atoms with E-state index in [1.165, 1.54) is 14.0 Å². The quantitative estimate of drug-likeness (QED) is 0.875. The number of hydrogen-bond donors (Lipinski definition) is 1. The molecule has 2 rings (SSSR count). The Morgan fingerprint density at radius 3 is 2.38 bits per heavy atom. The number of fused-ring (bicyclic) bond motifs is 1. The molecule has 0 heterocycles. The molecule has 5 nitrogen and oxygen atoms in total. The summed E-state index contributed by atoms with van der Waals surface area (Å²) in [5, 5.41) is 3.99. The second-order valence-corrected chi connectivity index (χ2v) is 4.52. The summed E-state index contributed by atoms with van der Waals surface area (Å²) in [6.45, 7) is 1.53. The molecule has 1 atom stereocenters. The molecular formula is C16H17NO4. The van der Waals surface area contributed by atoms with Crippen LogP contribution in [0.25, 0.3) is 10.8 Å². The lowest BCUT2D eigenvalue weighted by atomic mass is 10.0. The maximum absolute atomic E-state index is 12.2. The van der Waals surface area contributed by atoms with Crippen LogP contribution >= 0.6 is 0 Å². The van der Waals surface area contributed by atoms with E-state index in [1.807, 2.05) is 24.3 Å². The predicted molar refractivity (Wildman–Crippen MR) is 79.4 cm³/mol. The fourth-order valence-corrected chi connectivity index (χ4v) is 2.11. The van der Waals surface area contributed by atoms with Crippen molar-refractivity contribution in [2.45, 2.75) is 13.0 Å². The summed E-state index contributed by atoms with van der Waals surface area (Å²) >= 11 is 0. The van der Waals surface area contributed by atoms with Gasteiger partial charge >= 0.3 is 5.97 Å². The molecule has 0 radical (unpaired) electrons. The van der Waals surface area contributed by atoms with Gasteiger partial charge in [0.1, 0.15) is 5.75 Å². The fraction of sp³-hybridized carbons (Fsp3) is 0.250. The van der Waals surface area contributed by atoms with Gasteiger partial charge in [-0.1, -0.05) is 24.3 Å². The maximum Gasteiger partial charge on any atom is 0.339 e. The highest BCUT2D eigenvalue weighted by atomic mass is 16.5. The molecular weight excluding hydrogens is 270 g/mol. The highest BCUT2D eigenvalue weighted by Crippen LogP contribution is 2.28. The third-order valence-corrected chi connectivity index (χ3v) is 3.22. The van der Waals surface area contributed by atoms with Crippen molar-refractivity contribution in [3.05, 3.63) is 42.0 Å². The van der Waals surface area contributed by atoms with Crippen LogP contribution in [0.15, 0.2) is 36.4 Å². The molecule has 0 aliphatic rings. The second-order valence-electron chi connectivity index (χ2n) is 4.52. The first-order chi connectivity index (χ1) is 10.1. The third kappa shape index (κ3) is 2.97. The molecule has 1 amide bonds. The van der Waals surface area contributed by atoms with Crippen molar-refractivity contribution in [3.8, 4) is 5.75 Å². The van der Waals surface area contributed by atoms with Crippen molar-refractivity contribution in [2.24, 2.45) is 0 Å². The number of rotatable bonds is 4. The van der Waals surface area contributed by atoms with Crippen LogP contribution in [-0.4, -0.2) is 32.1 Å². The molecule has 0 aromatic heterocycles. The van der Waals surface area contributed by atoms with Crippen molar-refractivity contribution >= 4 is 22.6 Å². The molecule has 0 saturated carbocycles. The van der Waals surface area contributed by atoms with Gasteiger partial charge in [0.15, 0.2) is 6.10 Å². The van der Waals surface area contributed by atoms with Gasteiger partial charge in [-0.25, -0.2) is 4.79 Å². The standard InChI is InChI=1S/C16H17NO4/c1-10(15(18)17-2)21-16(19)13-8-9-14(20-3)12-7-5-4-6-11(12)13/h4-10H,1-3H3,(H,17,18). The maximum atomic E-state index is 12.2.